The van der Waals surface area contributed by atoms with Gasteiger partial charge in [0.25, 0.3) is 0 Å². The molecule has 0 saturated carbocycles. The molecule has 5 heteroatoms. The molecule has 1 N–H and O–H groups in total. The molecule has 1 fully saturated rings. The Morgan fingerprint density at radius 2 is 2.13 bits per heavy atom. The van der Waals surface area contributed by atoms with Crippen molar-refractivity contribution in [3.05, 3.63) is 5.69 Å². The average Bonchev–Trinajstić information content (AvgIpc) is 2.68. The second-order valence-corrected chi connectivity index (χ2v) is 4.67. The third-order valence-electron chi connectivity index (χ3n) is 2.72. The van der Waals surface area contributed by atoms with E-state index in [2.05, 4.69) is 26.7 Å². The molecule has 0 atom stereocenters. The van der Waals surface area contributed by atoms with Gasteiger partial charge in [0.1, 0.15) is 10.7 Å². The number of piperidine rings is 1. The molecule has 0 bridgehead atoms. The Bertz CT molecular complexity index is 293. The summed E-state index contributed by atoms with van der Waals surface area (Å²) in [6, 6.07) is 0. The molecule has 1 aromatic rings. The van der Waals surface area contributed by atoms with Crippen molar-refractivity contribution in [3.63, 3.8) is 0 Å². The number of likely N-dealkylation sites (tertiary alicyclic amines) is 1. The van der Waals surface area contributed by atoms with Crippen LogP contribution in [0.1, 0.15) is 31.9 Å². The third-order valence-corrected chi connectivity index (χ3v) is 3.44. The van der Waals surface area contributed by atoms with Gasteiger partial charge in [-0.05, 0) is 32.9 Å². The van der Waals surface area contributed by atoms with Crippen LogP contribution in [0.15, 0.2) is 0 Å². The first-order valence-electron chi connectivity index (χ1n) is 5.67. The fourth-order valence-electron chi connectivity index (χ4n) is 1.94. The number of nitrogens with one attached hydrogen (secondary N) is 1. The van der Waals surface area contributed by atoms with Crippen molar-refractivity contribution in [3.8, 4) is 0 Å². The largest absolute Gasteiger partial charge is 0.374 e. The quantitative estimate of drug-likeness (QED) is 0.852. The zero-order chi connectivity index (χ0) is 10.5. The number of hydrogen-bond acceptors (Lipinski definition) is 5. The first-order chi connectivity index (χ1) is 7.40. The van der Waals surface area contributed by atoms with Crippen LogP contribution in [0, 0.1) is 0 Å². The van der Waals surface area contributed by atoms with E-state index in [1.807, 2.05) is 0 Å². The fraction of sp³-hybridized carbons (Fsp3) is 0.800. The van der Waals surface area contributed by atoms with E-state index in [1.54, 1.807) is 0 Å². The molecule has 15 heavy (non-hydrogen) atoms. The Labute approximate surface area is 94.8 Å². The molecule has 2 heterocycles. The Kier molecular flexibility index (Phi) is 3.91. The lowest BCUT2D eigenvalue weighted by Gasteiger charge is -2.25. The van der Waals surface area contributed by atoms with Crippen LogP contribution in [-0.2, 0) is 6.54 Å². The molecule has 0 aliphatic carbocycles. The minimum atomic E-state index is 0.941. The second kappa shape index (κ2) is 5.42. The molecule has 1 aliphatic heterocycles. The zero-order valence-electron chi connectivity index (χ0n) is 9.20. The topological polar surface area (TPSA) is 41.1 Å². The molecule has 1 saturated heterocycles. The van der Waals surface area contributed by atoms with E-state index in [0.29, 0.717) is 0 Å². The Morgan fingerprint density at radius 3 is 2.87 bits per heavy atom. The van der Waals surface area contributed by atoms with E-state index in [0.717, 1.165) is 23.8 Å². The minimum absolute atomic E-state index is 0.941. The number of nitrogens with zero attached hydrogens (tertiary/aromatic N) is 3. The molecule has 0 unspecified atom stereocenters. The zero-order valence-corrected chi connectivity index (χ0v) is 10.0. The molecule has 1 aromatic heterocycles. The molecule has 0 aromatic carbocycles. The van der Waals surface area contributed by atoms with Crippen LogP contribution in [0.3, 0.4) is 0 Å². The summed E-state index contributed by atoms with van der Waals surface area (Å²) in [6.45, 7) is 6.42. The second-order valence-electron chi connectivity index (χ2n) is 3.92. The van der Waals surface area contributed by atoms with Crippen molar-refractivity contribution in [1.82, 2.24) is 14.5 Å². The number of aromatic nitrogens is 2. The van der Waals surface area contributed by atoms with Gasteiger partial charge >= 0.3 is 0 Å². The Balaban J connectivity index is 1.93. The first kappa shape index (κ1) is 10.8. The van der Waals surface area contributed by atoms with E-state index in [9.17, 15) is 0 Å². The summed E-state index contributed by atoms with van der Waals surface area (Å²) < 4.78 is 4.01. The number of rotatable bonds is 4. The average molecular weight is 226 g/mol. The highest BCUT2D eigenvalue weighted by Gasteiger charge is 2.14. The van der Waals surface area contributed by atoms with Gasteiger partial charge in [-0.2, -0.15) is 0 Å². The monoisotopic (exact) mass is 226 g/mol. The molecule has 0 radical (unpaired) electrons. The standard InChI is InChI=1S/C10H18N4S/c1-2-11-10-9(12-13-15-10)8-14-6-4-3-5-7-14/h11H,2-8H2,1H3. The van der Waals surface area contributed by atoms with Crippen LogP contribution >= 0.6 is 11.5 Å². The van der Waals surface area contributed by atoms with Gasteiger partial charge in [-0.25, -0.2) is 0 Å². The molecule has 2 rings (SSSR count). The Morgan fingerprint density at radius 1 is 1.33 bits per heavy atom. The van der Waals surface area contributed by atoms with Gasteiger partial charge in [0.05, 0.1) is 0 Å². The van der Waals surface area contributed by atoms with Crippen molar-refractivity contribution in [2.45, 2.75) is 32.7 Å². The highest BCUT2D eigenvalue weighted by molar-refractivity contribution is 7.10. The van der Waals surface area contributed by atoms with Crippen LogP contribution in [0.5, 0.6) is 0 Å². The highest BCUT2D eigenvalue weighted by atomic mass is 32.1. The van der Waals surface area contributed by atoms with Crippen molar-refractivity contribution < 1.29 is 0 Å². The summed E-state index contributed by atoms with van der Waals surface area (Å²) in [5.41, 5.74) is 1.11. The maximum Gasteiger partial charge on any atom is 0.134 e. The van der Waals surface area contributed by atoms with Crippen LogP contribution in [-0.4, -0.2) is 34.1 Å². The highest BCUT2D eigenvalue weighted by Crippen LogP contribution is 2.20. The van der Waals surface area contributed by atoms with E-state index < -0.39 is 0 Å². The summed E-state index contributed by atoms with van der Waals surface area (Å²) in [7, 11) is 0. The first-order valence-corrected chi connectivity index (χ1v) is 6.45. The Hall–Kier alpha value is -0.680. The van der Waals surface area contributed by atoms with Gasteiger partial charge in [0.15, 0.2) is 0 Å². The number of anilines is 1. The lowest BCUT2D eigenvalue weighted by atomic mass is 10.1. The predicted octanol–water partition coefficient (Wildman–Crippen LogP) is 1.96. The van der Waals surface area contributed by atoms with E-state index in [-0.39, 0.29) is 0 Å². The van der Waals surface area contributed by atoms with E-state index in [4.69, 9.17) is 0 Å². The van der Waals surface area contributed by atoms with Crippen LogP contribution in [0.4, 0.5) is 5.00 Å². The molecular weight excluding hydrogens is 208 g/mol. The van der Waals surface area contributed by atoms with Gasteiger partial charge in [-0.15, -0.1) is 5.10 Å². The SMILES string of the molecule is CCNc1snnc1CN1CCCCC1. The van der Waals surface area contributed by atoms with Crippen LogP contribution in [0.25, 0.3) is 0 Å². The molecule has 4 nitrogen and oxygen atoms in total. The summed E-state index contributed by atoms with van der Waals surface area (Å²) >= 11 is 1.46. The van der Waals surface area contributed by atoms with E-state index in [1.165, 1.54) is 43.9 Å². The number of hydrogen-bond donors (Lipinski definition) is 1. The third kappa shape index (κ3) is 2.89. The minimum Gasteiger partial charge on any atom is -0.374 e. The summed E-state index contributed by atoms with van der Waals surface area (Å²) in [6.07, 6.45) is 4.04. The van der Waals surface area contributed by atoms with Crippen LogP contribution < -0.4 is 5.32 Å². The summed E-state index contributed by atoms with van der Waals surface area (Å²) in [4.78, 5) is 2.47. The molecule has 84 valence electrons. The van der Waals surface area contributed by atoms with Crippen LogP contribution in [0.2, 0.25) is 0 Å². The van der Waals surface area contributed by atoms with Gasteiger partial charge in [0.2, 0.25) is 0 Å². The summed E-state index contributed by atoms with van der Waals surface area (Å²) in [5.74, 6) is 0. The fourth-order valence-corrected chi connectivity index (χ4v) is 2.58. The van der Waals surface area contributed by atoms with Crippen molar-refractivity contribution in [2.75, 3.05) is 25.0 Å². The molecule has 1 aliphatic rings. The molecule has 0 amide bonds. The molecule has 0 spiro atoms. The maximum atomic E-state index is 4.19. The van der Waals surface area contributed by atoms with Gasteiger partial charge < -0.3 is 5.32 Å². The summed E-state index contributed by atoms with van der Waals surface area (Å²) in [5, 5.41) is 8.65. The van der Waals surface area contributed by atoms with Crippen molar-refractivity contribution >= 4 is 16.5 Å². The maximum absolute atomic E-state index is 4.19. The smallest absolute Gasteiger partial charge is 0.134 e. The van der Waals surface area contributed by atoms with Crippen molar-refractivity contribution in [1.29, 1.82) is 0 Å². The lowest BCUT2D eigenvalue weighted by molar-refractivity contribution is 0.219. The van der Waals surface area contributed by atoms with Crippen molar-refractivity contribution in [2.24, 2.45) is 0 Å². The van der Waals surface area contributed by atoms with E-state index >= 15 is 0 Å². The molecular formula is C10H18N4S. The van der Waals surface area contributed by atoms with Gasteiger partial charge in [0, 0.05) is 24.6 Å². The normalized spacial score (nSPS) is 17.9. The lowest BCUT2D eigenvalue weighted by Crippen LogP contribution is -2.29. The van der Waals surface area contributed by atoms with Gasteiger partial charge in [-0.1, -0.05) is 10.9 Å². The van der Waals surface area contributed by atoms with Gasteiger partial charge in [-0.3, -0.25) is 4.90 Å². The predicted molar refractivity (Wildman–Crippen MR) is 63.2 cm³/mol.